The third kappa shape index (κ3) is 2.03. The molecule has 0 aromatic carbocycles. The fourth-order valence-corrected chi connectivity index (χ4v) is 2.93. The van der Waals surface area contributed by atoms with Crippen LogP contribution in [-0.4, -0.2) is 40.4 Å². The molecular weight excluding hydrogens is 206 g/mol. The molecule has 1 N–H and O–H groups in total. The molecule has 1 saturated heterocycles. The van der Waals surface area contributed by atoms with Crippen molar-refractivity contribution in [2.75, 3.05) is 6.61 Å². The quantitative estimate of drug-likeness (QED) is 0.742. The molecule has 4 heteroatoms. The van der Waals surface area contributed by atoms with Crippen LogP contribution in [-0.2, 0) is 4.74 Å². The van der Waals surface area contributed by atoms with Crippen molar-refractivity contribution in [3.05, 3.63) is 0 Å². The van der Waals surface area contributed by atoms with Gasteiger partial charge in [-0.3, -0.25) is 4.90 Å². The van der Waals surface area contributed by atoms with Gasteiger partial charge in [-0.1, -0.05) is 0 Å². The highest BCUT2D eigenvalue weighted by atomic mass is 16.6. The van der Waals surface area contributed by atoms with Gasteiger partial charge >= 0.3 is 6.09 Å². The second-order valence-corrected chi connectivity index (χ2v) is 5.86. The van der Waals surface area contributed by atoms with Crippen LogP contribution in [0.4, 0.5) is 4.79 Å². The third-order valence-electron chi connectivity index (χ3n) is 3.53. The zero-order chi connectivity index (χ0) is 11.9. The van der Waals surface area contributed by atoms with Crippen molar-refractivity contribution in [1.82, 2.24) is 4.90 Å². The van der Waals surface area contributed by atoms with Crippen molar-refractivity contribution in [2.45, 2.75) is 57.7 Å². The number of aliphatic hydroxyl groups excluding tert-OH is 1. The summed E-state index contributed by atoms with van der Waals surface area (Å²) in [6, 6.07) is 0.269. The zero-order valence-corrected chi connectivity index (χ0v) is 10.3. The average molecular weight is 227 g/mol. The van der Waals surface area contributed by atoms with Crippen LogP contribution in [0.15, 0.2) is 0 Å². The highest BCUT2D eigenvalue weighted by Gasteiger charge is 2.48. The van der Waals surface area contributed by atoms with E-state index in [1.165, 1.54) is 0 Å². The number of carbonyl (C=O) groups excluding carboxylic acids is 1. The second-order valence-electron chi connectivity index (χ2n) is 5.86. The molecule has 1 amide bonds. The summed E-state index contributed by atoms with van der Waals surface area (Å²) in [5.74, 6) is 0.475. The van der Waals surface area contributed by atoms with Crippen molar-refractivity contribution in [3.63, 3.8) is 0 Å². The maximum atomic E-state index is 12.0. The summed E-state index contributed by atoms with van der Waals surface area (Å²) in [5.41, 5.74) is -0.459. The van der Waals surface area contributed by atoms with Gasteiger partial charge in [-0.15, -0.1) is 0 Å². The molecule has 2 bridgehead atoms. The largest absolute Gasteiger partial charge is 0.444 e. The van der Waals surface area contributed by atoms with Crippen molar-refractivity contribution >= 4 is 6.09 Å². The van der Waals surface area contributed by atoms with Gasteiger partial charge < -0.3 is 9.84 Å². The van der Waals surface area contributed by atoms with Crippen molar-refractivity contribution in [2.24, 2.45) is 5.92 Å². The van der Waals surface area contributed by atoms with Crippen LogP contribution in [0.3, 0.4) is 0 Å². The number of fused-ring (bicyclic) bond motifs is 2. The van der Waals surface area contributed by atoms with Crippen LogP contribution in [0.5, 0.6) is 0 Å². The summed E-state index contributed by atoms with van der Waals surface area (Å²) in [6.07, 6.45) is 2.96. The molecule has 0 spiro atoms. The number of aliphatic hydroxyl groups is 1. The summed E-state index contributed by atoms with van der Waals surface area (Å²) < 4.78 is 5.38. The molecule has 1 saturated carbocycles. The standard InChI is InChI=1S/C12H21NO3/c1-12(2,3)16-11(15)13-9-5-4-8(6-9)10(13)7-14/h8-10,14H,4-7H2,1-3H3/t8-,9-,10+/m0/s1. The number of carbonyl (C=O) groups is 1. The van der Waals surface area contributed by atoms with E-state index < -0.39 is 5.60 Å². The Morgan fingerprint density at radius 3 is 2.69 bits per heavy atom. The molecule has 2 rings (SSSR count). The Morgan fingerprint density at radius 2 is 2.12 bits per heavy atom. The number of nitrogens with zero attached hydrogens (tertiary/aromatic N) is 1. The normalized spacial score (nSPS) is 33.2. The van der Waals surface area contributed by atoms with E-state index in [1.807, 2.05) is 20.8 Å². The zero-order valence-electron chi connectivity index (χ0n) is 10.3. The van der Waals surface area contributed by atoms with Crippen LogP contribution >= 0.6 is 0 Å². The minimum absolute atomic E-state index is 0.0198. The Labute approximate surface area is 96.6 Å². The topological polar surface area (TPSA) is 49.8 Å². The van der Waals surface area contributed by atoms with Crippen LogP contribution in [0.25, 0.3) is 0 Å². The Hall–Kier alpha value is -0.770. The van der Waals surface area contributed by atoms with E-state index in [2.05, 4.69) is 0 Å². The molecular formula is C12H21NO3. The first-order valence-electron chi connectivity index (χ1n) is 6.04. The maximum absolute atomic E-state index is 12.0. The lowest BCUT2D eigenvalue weighted by Crippen LogP contribution is -2.48. The number of ether oxygens (including phenoxy) is 1. The molecule has 0 aromatic rings. The molecule has 3 atom stereocenters. The third-order valence-corrected chi connectivity index (χ3v) is 3.53. The molecule has 4 nitrogen and oxygen atoms in total. The van der Waals surface area contributed by atoms with Crippen LogP contribution in [0.1, 0.15) is 40.0 Å². The summed E-state index contributed by atoms with van der Waals surface area (Å²) in [4.78, 5) is 13.8. The fraction of sp³-hybridized carbons (Fsp3) is 0.917. The first-order chi connectivity index (χ1) is 7.42. The van der Waals surface area contributed by atoms with Gasteiger partial charge in [0.25, 0.3) is 0 Å². The van der Waals surface area contributed by atoms with E-state index in [4.69, 9.17) is 4.74 Å². The van der Waals surface area contributed by atoms with Gasteiger partial charge in [-0.05, 0) is 46.0 Å². The molecule has 0 radical (unpaired) electrons. The molecule has 1 aliphatic heterocycles. The summed E-state index contributed by atoms with van der Waals surface area (Å²) in [5, 5.41) is 9.36. The predicted octanol–water partition coefficient (Wildman–Crippen LogP) is 1.77. The molecule has 2 aliphatic rings. The van der Waals surface area contributed by atoms with E-state index in [9.17, 15) is 9.90 Å². The van der Waals surface area contributed by atoms with Gasteiger partial charge in [0.05, 0.1) is 12.6 Å². The Bertz CT molecular complexity index is 284. The van der Waals surface area contributed by atoms with E-state index in [0.717, 1.165) is 19.3 Å². The Kier molecular flexibility index (Phi) is 2.86. The number of amides is 1. The lowest BCUT2D eigenvalue weighted by molar-refractivity contribution is -0.000465. The minimum Gasteiger partial charge on any atom is -0.444 e. The molecule has 1 heterocycles. The maximum Gasteiger partial charge on any atom is 0.410 e. The predicted molar refractivity (Wildman–Crippen MR) is 60.1 cm³/mol. The lowest BCUT2D eigenvalue weighted by atomic mass is 10.00. The van der Waals surface area contributed by atoms with E-state index >= 15 is 0 Å². The van der Waals surface area contributed by atoms with Crippen molar-refractivity contribution < 1.29 is 14.6 Å². The monoisotopic (exact) mass is 227 g/mol. The average Bonchev–Trinajstić information content (AvgIpc) is 2.72. The highest BCUT2D eigenvalue weighted by Crippen LogP contribution is 2.42. The van der Waals surface area contributed by atoms with E-state index in [1.54, 1.807) is 4.90 Å². The second kappa shape index (κ2) is 3.91. The highest BCUT2D eigenvalue weighted by molar-refractivity contribution is 5.69. The van der Waals surface area contributed by atoms with Gasteiger partial charge in [0.15, 0.2) is 0 Å². The summed E-state index contributed by atoms with van der Waals surface area (Å²) in [6.45, 7) is 5.66. The minimum atomic E-state index is -0.459. The van der Waals surface area contributed by atoms with Crippen LogP contribution in [0.2, 0.25) is 0 Å². The first kappa shape index (κ1) is 11.7. The summed E-state index contributed by atoms with van der Waals surface area (Å²) in [7, 11) is 0. The van der Waals surface area contributed by atoms with E-state index in [-0.39, 0.29) is 24.8 Å². The van der Waals surface area contributed by atoms with Crippen LogP contribution < -0.4 is 0 Å². The smallest absolute Gasteiger partial charge is 0.410 e. The molecule has 0 unspecified atom stereocenters. The van der Waals surface area contributed by atoms with Gasteiger partial charge in [0.1, 0.15) is 5.60 Å². The van der Waals surface area contributed by atoms with Crippen molar-refractivity contribution in [1.29, 1.82) is 0 Å². The molecule has 16 heavy (non-hydrogen) atoms. The molecule has 2 fully saturated rings. The SMILES string of the molecule is CC(C)(C)OC(=O)N1[C@H]2CC[C@@H](C2)[C@H]1CO. The number of piperidine rings is 1. The molecule has 1 aliphatic carbocycles. The molecule has 0 aromatic heterocycles. The number of hydrogen-bond donors (Lipinski definition) is 1. The number of rotatable bonds is 1. The Balaban J connectivity index is 2.06. The van der Waals surface area contributed by atoms with Gasteiger partial charge in [0, 0.05) is 6.04 Å². The molecule has 92 valence electrons. The summed E-state index contributed by atoms with van der Waals surface area (Å²) >= 11 is 0. The fourth-order valence-electron chi connectivity index (χ4n) is 2.93. The van der Waals surface area contributed by atoms with E-state index in [0.29, 0.717) is 5.92 Å². The van der Waals surface area contributed by atoms with Crippen LogP contribution in [0, 0.1) is 5.92 Å². The van der Waals surface area contributed by atoms with Gasteiger partial charge in [-0.25, -0.2) is 4.79 Å². The Morgan fingerprint density at radius 1 is 1.44 bits per heavy atom. The van der Waals surface area contributed by atoms with Crippen molar-refractivity contribution in [3.8, 4) is 0 Å². The van der Waals surface area contributed by atoms with Gasteiger partial charge in [0.2, 0.25) is 0 Å². The van der Waals surface area contributed by atoms with Gasteiger partial charge in [-0.2, -0.15) is 0 Å². The lowest BCUT2D eigenvalue weighted by Gasteiger charge is -2.35. The number of hydrogen-bond acceptors (Lipinski definition) is 3. The first-order valence-corrected chi connectivity index (χ1v) is 6.04. The number of likely N-dealkylation sites (tertiary alicyclic amines) is 1.